The molecule has 0 bridgehead atoms. The van der Waals surface area contributed by atoms with Crippen LogP contribution in [-0.2, 0) is 9.53 Å². The topological polar surface area (TPSA) is 50.4 Å². The first kappa shape index (κ1) is 13.9. The highest BCUT2D eigenvalue weighted by Gasteiger charge is 2.16. The zero-order valence-corrected chi connectivity index (χ0v) is 9.51. The highest BCUT2D eigenvalue weighted by atomic mass is 16.5. The minimum atomic E-state index is -0.275. The fraction of sp³-hybridized carbons (Fsp3) is 0.727. The summed E-state index contributed by atoms with van der Waals surface area (Å²) in [7, 11) is 3.30. The van der Waals surface area contributed by atoms with Gasteiger partial charge >= 0.3 is 5.97 Å². The summed E-state index contributed by atoms with van der Waals surface area (Å²) in [6, 6.07) is -0.275. The molecule has 0 amide bonds. The van der Waals surface area contributed by atoms with Gasteiger partial charge in [-0.2, -0.15) is 0 Å². The van der Waals surface area contributed by atoms with Crippen molar-refractivity contribution in [1.82, 2.24) is 10.6 Å². The Morgan fingerprint density at radius 1 is 1.53 bits per heavy atom. The van der Waals surface area contributed by atoms with Crippen molar-refractivity contribution in [3.63, 3.8) is 0 Å². The molecule has 0 saturated heterocycles. The number of hydrogen-bond acceptors (Lipinski definition) is 4. The average Bonchev–Trinajstić information content (AvgIpc) is 2.27. The molecule has 4 nitrogen and oxygen atoms in total. The first-order chi connectivity index (χ1) is 7.26. The number of hydrogen-bond donors (Lipinski definition) is 2. The number of esters is 1. The molecule has 4 heteroatoms. The molecular weight excluding hydrogens is 192 g/mol. The zero-order valence-electron chi connectivity index (χ0n) is 9.51. The third-order valence-electron chi connectivity index (χ3n) is 2.11. The van der Waals surface area contributed by atoms with Gasteiger partial charge in [0.25, 0.3) is 0 Å². The van der Waals surface area contributed by atoms with Crippen LogP contribution >= 0.6 is 0 Å². The summed E-state index contributed by atoms with van der Waals surface area (Å²) in [5.74, 6) is 2.21. The van der Waals surface area contributed by atoms with E-state index >= 15 is 0 Å². The number of nitrogens with one attached hydrogen (secondary N) is 2. The van der Waals surface area contributed by atoms with Crippen LogP contribution in [0, 0.1) is 12.3 Å². The van der Waals surface area contributed by atoms with Gasteiger partial charge in [-0.1, -0.05) is 12.3 Å². The normalized spacial score (nSPS) is 11.8. The molecule has 0 aliphatic carbocycles. The fourth-order valence-corrected chi connectivity index (χ4v) is 1.28. The molecular formula is C11H20N2O2. The molecule has 0 aromatic heterocycles. The molecule has 0 fully saturated rings. The summed E-state index contributed by atoms with van der Waals surface area (Å²) in [4.78, 5) is 11.3. The second-order valence-electron chi connectivity index (χ2n) is 3.26. The fourth-order valence-electron chi connectivity index (χ4n) is 1.28. The lowest BCUT2D eigenvalue weighted by molar-refractivity contribution is -0.143. The van der Waals surface area contributed by atoms with Gasteiger partial charge in [0.2, 0.25) is 0 Å². The standard InChI is InChI=1S/C11H20N2O2/c1-4-8-13-10(11(14)15-3)7-5-6-9-12-2/h1,10,12-13H,5-9H2,2-3H3/t10-/m0/s1. The van der Waals surface area contributed by atoms with Gasteiger partial charge in [0, 0.05) is 0 Å². The maximum absolute atomic E-state index is 11.3. The van der Waals surface area contributed by atoms with Gasteiger partial charge < -0.3 is 10.1 Å². The summed E-state index contributed by atoms with van der Waals surface area (Å²) < 4.78 is 4.68. The molecule has 0 radical (unpaired) electrons. The summed E-state index contributed by atoms with van der Waals surface area (Å²) in [5, 5.41) is 6.02. The summed E-state index contributed by atoms with van der Waals surface area (Å²) >= 11 is 0. The Hall–Kier alpha value is -1.05. The lowest BCUT2D eigenvalue weighted by Crippen LogP contribution is -2.37. The highest BCUT2D eigenvalue weighted by Crippen LogP contribution is 2.02. The van der Waals surface area contributed by atoms with Gasteiger partial charge in [-0.3, -0.25) is 10.1 Å². The summed E-state index contributed by atoms with van der Waals surface area (Å²) in [6.07, 6.45) is 7.89. The summed E-state index contributed by atoms with van der Waals surface area (Å²) in [5.41, 5.74) is 0. The monoisotopic (exact) mass is 212 g/mol. The molecule has 86 valence electrons. The number of rotatable bonds is 8. The van der Waals surface area contributed by atoms with E-state index in [1.165, 1.54) is 7.11 Å². The Balaban J connectivity index is 3.80. The van der Waals surface area contributed by atoms with Crippen LogP contribution in [0.25, 0.3) is 0 Å². The average molecular weight is 212 g/mol. The van der Waals surface area contributed by atoms with Crippen molar-refractivity contribution in [1.29, 1.82) is 0 Å². The molecule has 0 unspecified atom stereocenters. The van der Waals surface area contributed by atoms with Crippen molar-refractivity contribution >= 4 is 5.97 Å². The highest BCUT2D eigenvalue weighted by molar-refractivity contribution is 5.75. The Labute approximate surface area is 91.8 Å². The van der Waals surface area contributed by atoms with Crippen LogP contribution in [0.1, 0.15) is 19.3 Å². The van der Waals surface area contributed by atoms with E-state index in [1.54, 1.807) is 0 Å². The van der Waals surface area contributed by atoms with Crippen LogP contribution in [0.4, 0.5) is 0 Å². The molecule has 0 aliphatic rings. The molecule has 0 aliphatic heterocycles. The summed E-state index contributed by atoms with van der Waals surface area (Å²) in [6.45, 7) is 1.36. The smallest absolute Gasteiger partial charge is 0.322 e. The van der Waals surface area contributed by atoms with Crippen molar-refractivity contribution in [2.45, 2.75) is 25.3 Å². The number of methoxy groups -OCH3 is 1. The van der Waals surface area contributed by atoms with Gasteiger partial charge in [-0.05, 0) is 26.4 Å². The third-order valence-corrected chi connectivity index (χ3v) is 2.11. The van der Waals surface area contributed by atoms with Gasteiger partial charge in [0.05, 0.1) is 13.7 Å². The van der Waals surface area contributed by atoms with Gasteiger partial charge in [0.1, 0.15) is 6.04 Å². The molecule has 0 heterocycles. The van der Waals surface area contributed by atoms with Crippen LogP contribution in [0.5, 0.6) is 0 Å². The van der Waals surface area contributed by atoms with Crippen molar-refractivity contribution in [3.05, 3.63) is 0 Å². The third kappa shape index (κ3) is 6.95. The molecule has 1 atom stereocenters. The first-order valence-electron chi connectivity index (χ1n) is 5.15. The largest absolute Gasteiger partial charge is 0.468 e. The predicted molar refractivity (Wildman–Crippen MR) is 60.4 cm³/mol. The quantitative estimate of drug-likeness (QED) is 0.341. The second-order valence-corrected chi connectivity index (χ2v) is 3.26. The van der Waals surface area contributed by atoms with Crippen LogP contribution in [0.2, 0.25) is 0 Å². The van der Waals surface area contributed by atoms with E-state index in [9.17, 15) is 4.79 Å². The first-order valence-corrected chi connectivity index (χ1v) is 5.15. The van der Waals surface area contributed by atoms with Crippen molar-refractivity contribution in [2.24, 2.45) is 0 Å². The van der Waals surface area contributed by atoms with Crippen molar-refractivity contribution in [3.8, 4) is 12.3 Å². The Morgan fingerprint density at radius 2 is 2.27 bits per heavy atom. The van der Waals surface area contributed by atoms with E-state index in [4.69, 9.17) is 6.42 Å². The van der Waals surface area contributed by atoms with E-state index < -0.39 is 0 Å². The molecule has 0 aromatic rings. The van der Waals surface area contributed by atoms with Gasteiger partial charge in [0.15, 0.2) is 0 Å². The van der Waals surface area contributed by atoms with E-state index in [0.29, 0.717) is 6.54 Å². The van der Waals surface area contributed by atoms with Crippen LogP contribution < -0.4 is 10.6 Å². The maximum atomic E-state index is 11.3. The van der Waals surface area contributed by atoms with Crippen LogP contribution in [-0.4, -0.2) is 39.3 Å². The van der Waals surface area contributed by atoms with E-state index in [-0.39, 0.29) is 12.0 Å². The SMILES string of the molecule is C#CCN[C@@H](CCCCNC)C(=O)OC. The number of carbonyl (C=O) groups is 1. The van der Waals surface area contributed by atoms with Crippen molar-refractivity contribution < 1.29 is 9.53 Å². The minimum absolute atomic E-state index is 0.241. The molecule has 15 heavy (non-hydrogen) atoms. The molecule has 0 aromatic carbocycles. The molecule has 0 spiro atoms. The van der Waals surface area contributed by atoms with Gasteiger partial charge in [-0.15, -0.1) is 6.42 Å². The minimum Gasteiger partial charge on any atom is -0.468 e. The van der Waals surface area contributed by atoms with E-state index in [0.717, 1.165) is 25.8 Å². The lowest BCUT2D eigenvalue weighted by atomic mass is 10.1. The Kier molecular flexibility index (Phi) is 8.84. The zero-order chi connectivity index (χ0) is 11.5. The van der Waals surface area contributed by atoms with E-state index in [1.807, 2.05) is 7.05 Å². The molecule has 0 rings (SSSR count). The number of terminal acetylenes is 1. The van der Waals surface area contributed by atoms with Gasteiger partial charge in [-0.25, -0.2) is 0 Å². The molecule has 0 saturated carbocycles. The number of carbonyl (C=O) groups excluding carboxylic acids is 1. The maximum Gasteiger partial charge on any atom is 0.322 e. The number of unbranched alkanes of at least 4 members (excludes halogenated alkanes) is 1. The van der Waals surface area contributed by atoms with E-state index in [2.05, 4.69) is 21.3 Å². The second kappa shape index (κ2) is 9.50. The van der Waals surface area contributed by atoms with Crippen molar-refractivity contribution in [2.75, 3.05) is 27.2 Å². The number of ether oxygens (including phenoxy) is 1. The lowest BCUT2D eigenvalue weighted by Gasteiger charge is -2.14. The predicted octanol–water partition coefficient (Wildman–Crippen LogP) is 0.141. The Bertz CT molecular complexity index is 211. The van der Waals surface area contributed by atoms with Crippen LogP contribution in [0.15, 0.2) is 0 Å². The molecule has 2 N–H and O–H groups in total. The van der Waals surface area contributed by atoms with Crippen LogP contribution in [0.3, 0.4) is 0 Å². The Morgan fingerprint density at radius 3 is 2.80 bits per heavy atom.